The Morgan fingerprint density at radius 2 is 1.76 bits per heavy atom. The average Bonchev–Trinajstić information content (AvgIpc) is 2.99. The van der Waals surface area contributed by atoms with Crippen LogP contribution in [0.4, 0.5) is 5.69 Å². The third-order valence-electron chi connectivity index (χ3n) is 4.52. The second-order valence-electron chi connectivity index (χ2n) is 7.05. The highest BCUT2D eigenvalue weighted by Crippen LogP contribution is 2.19. The summed E-state index contributed by atoms with van der Waals surface area (Å²) >= 11 is 0. The van der Waals surface area contributed by atoms with Gasteiger partial charge in [-0.15, -0.1) is 0 Å². The van der Waals surface area contributed by atoms with Crippen molar-refractivity contribution in [2.75, 3.05) is 19.4 Å². The maximum Gasteiger partial charge on any atom is 0.255 e. The Bertz CT molecular complexity index is 1130. The van der Waals surface area contributed by atoms with E-state index in [0.29, 0.717) is 17.8 Å². The summed E-state index contributed by atoms with van der Waals surface area (Å²) in [6, 6.07) is 15.5. The molecule has 29 heavy (non-hydrogen) atoms. The molecule has 0 aliphatic rings. The molecule has 0 radical (unpaired) electrons. The lowest BCUT2D eigenvalue weighted by Gasteiger charge is -2.13. The molecule has 0 unspecified atom stereocenters. The van der Waals surface area contributed by atoms with E-state index in [1.54, 1.807) is 24.3 Å². The van der Waals surface area contributed by atoms with Gasteiger partial charge < -0.3 is 5.32 Å². The van der Waals surface area contributed by atoms with Gasteiger partial charge in [-0.3, -0.25) is 9.48 Å². The van der Waals surface area contributed by atoms with Crippen molar-refractivity contribution in [3.63, 3.8) is 0 Å². The Morgan fingerprint density at radius 3 is 2.34 bits per heavy atom. The largest absolute Gasteiger partial charge is 0.322 e. The van der Waals surface area contributed by atoms with E-state index in [4.69, 9.17) is 0 Å². The number of anilines is 1. The van der Waals surface area contributed by atoms with Gasteiger partial charge in [0.25, 0.3) is 5.91 Å². The van der Waals surface area contributed by atoms with Gasteiger partial charge in [0, 0.05) is 31.0 Å². The number of hydrogen-bond acceptors (Lipinski definition) is 4. The first kappa shape index (κ1) is 20.8. The lowest BCUT2D eigenvalue weighted by molar-refractivity contribution is 0.102. The van der Waals surface area contributed by atoms with E-state index in [0.717, 1.165) is 21.3 Å². The van der Waals surface area contributed by atoms with Gasteiger partial charge >= 0.3 is 0 Å². The van der Waals surface area contributed by atoms with Crippen LogP contribution in [0.5, 0.6) is 0 Å². The van der Waals surface area contributed by atoms with Crippen LogP contribution < -0.4 is 5.32 Å². The maximum atomic E-state index is 12.5. The molecular weight excluding hydrogens is 388 g/mol. The molecule has 3 aromatic rings. The summed E-state index contributed by atoms with van der Waals surface area (Å²) in [4.78, 5) is 12.7. The Morgan fingerprint density at radius 1 is 1.07 bits per heavy atom. The summed E-state index contributed by atoms with van der Waals surface area (Å²) in [5, 5.41) is 7.20. The van der Waals surface area contributed by atoms with Gasteiger partial charge in [0.2, 0.25) is 10.0 Å². The smallest absolute Gasteiger partial charge is 0.255 e. The molecule has 3 rings (SSSR count). The molecule has 0 saturated heterocycles. The predicted octanol–water partition coefficient (Wildman–Crippen LogP) is 3.05. The molecule has 0 aliphatic heterocycles. The molecule has 0 spiro atoms. The first-order valence-corrected chi connectivity index (χ1v) is 10.5. The lowest BCUT2D eigenvalue weighted by atomic mass is 10.1. The lowest BCUT2D eigenvalue weighted by Crippen LogP contribution is -2.22. The van der Waals surface area contributed by atoms with Crippen LogP contribution in [0.2, 0.25) is 0 Å². The molecule has 0 bridgehead atoms. The molecular formula is C21H24N4O3S. The first-order chi connectivity index (χ1) is 13.7. The maximum absolute atomic E-state index is 12.5. The second kappa shape index (κ2) is 8.18. The Hall–Kier alpha value is -2.97. The Kier molecular flexibility index (Phi) is 5.86. The van der Waals surface area contributed by atoms with Gasteiger partial charge in [0.1, 0.15) is 0 Å². The summed E-state index contributed by atoms with van der Waals surface area (Å²) in [7, 11) is -0.630. The third-order valence-corrected chi connectivity index (χ3v) is 6.33. The molecule has 1 aromatic heterocycles. The van der Waals surface area contributed by atoms with E-state index in [1.165, 1.54) is 26.2 Å². The molecule has 7 nitrogen and oxygen atoms in total. The summed E-state index contributed by atoms with van der Waals surface area (Å²) in [6.07, 6.45) is 0. The molecule has 1 heterocycles. The highest BCUT2D eigenvalue weighted by Gasteiger charge is 2.17. The van der Waals surface area contributed by atoms with Crippen molar-refractivity contribution < 1.29 is 13.2 Å². The van der Waals surface area contributed by atoms with E-state index in [9.17, 15) is 13.2 Å². The topological polar surface area (TPSA) is 84.3 Å². The quantitative estimate of drug-likeness (QED) is 0.674. The van der Waals surface area contributed by atoms with E-state index < -0.39 is 10.0 Å². The monoisotopic (exact) mass is 412 g/mol. The number of amides is 1. The van der Waals surface area contributed by atoms with Gasteiger partial charge in [0.15, 0.2) is 0 Å². The van der Waals surface area contributed by atoms with Gasteiger partial charge in [0.05, 0.1) is 17.1 Å². The van der Waals surface area contributed by atoms with Crippen LogP contribution in [-0.2, 0) is 16.6 Å². The average molecular weight is 413 g/mol. The van der Waals surface area contributed by atoms with E-state index in [2.05, 4.69) is 10.4 Å². The number of carbonyl (C=O) groups excluding carboxylic acids is 1. The standard InChI is InChI=1S/C21H24N4O3S/c1-15-12-16(2)25(23-15)14-17-8-10-18(11-9-17)21(26)22-19-6-5-7-20(13-19)29(27,28)24(3)4/h5-13H,14H2,1-4H3,(H,22,26). The molecule has 0 saturated carbocycles. The molecule has 0 aliphatic carbocycles. The number of benzene rings is 2. The Labute approximate surface area is 171 Å². The van der Waals surface area contributed by atoms with Crippen LogP contribution in [0, 0.1) is 13.8 Å². The number of aryl methyl sites for hydroxylation is 2. The number of rotatable bonds is 6. The molecule has 2 aromatic carbocycles. The number of hydrogen-bond donors (Lipinski definition) is 1. The van der Waals surface area contributed by atoms with E-state index in [-0.39, 0.29) is 10.8 Å². The molecule has 1 amide bonds. The summed E-state index contributed by atoms with van der Waals surface area (Å²) in [5.41, 5.74) is 3.99. The summed E-state index contributed by atoms with van der Waals surface area (Å²) in [5.74, 6) is -0.304. The fourth-order valence-corrected chi connectivity index (χ4v) is 3.87. The predicted molar refractivity (Wildman–Crippen MR) is 113 cm³/mol. The highest BCUT2D eigenvalue weighted by atomic mass is 32.2. The number of sulfonamides is 1. The van der Waals surface area contributed by atoms with Crippen molar-refractivity contribution in [1.29, 1.82) is 0 Å². The molecule has 0 fully saturated rings. The minimum absolute atomic E-state index is 0.125. The molecule has 152 valence electrons. The van der Waals surface area contributed by atoms with Gasteiger partial charge in [-0.1, -0.05) is 18.2 Å². The van der Waals surface area contributed by atoms with Crippen LogP contribution in [0.1, 0.15) is 27.3 Å². The van der Waals surface area contributed by atoms with Gasteiger partial charge in [-0.05, 0) is 55.8 Å². The summed E-state index contributed by atoms with van der Waals surface area (Å²) in [6.45, 7) is 4.59. The molecule has 0 atom stereocenters. The highest BCUT2D eigenvalue weighted by molar-refractivity contribution is 7.89. The molecule has 8 heteroatoms. The van der Waals surface area contributed by atoms with Crippen LogP contribution in [0.15, 0.2) is 59.5 Å². The van der Waals surface area contributed by atoms with Crippen molar-refractivity contribution in [3.05, 3.63) is 77.1 Å². The van der Waals surface area contributed by atoms with Crippen molar-refractivity contribution >= 4 is 21.6 Å². The zero-order valence-electron chi connectivity index (χ0n) is 16.9. The number of nitrogens with zero attached hydrogens (tertiary/aromatic N) is 3. The van der Waals surface area contributed by atoms with Crippen LogP contribution in [-0.4, -0.2) is 42.5 Å². The van der Waals surface area contributed by atoms with Crippen molar-refractivity contribution in [3.8, 4) is 0 Å². The van der Waals surface area contributed by atoms with E-state index >= 15 is 0 Å². The van der Waals surface area contributed by atoms with Gasteiger partial charge in [-0.2, -0.15) is 5.10 Å². The molecule has 1 N–H and O–H groups in total. The number of aromatic nitrogens is 2. The number of carbonyl (C=O) groups is 1. The second-order valence-corrected chi connectivity index (χ2v) is 9.20. The van der Waals surface area contributed by atoms with Crippen molar-refractivity contribution in [1.82, 2.24) is 14.1 Å². The SMILES string of the molecule is Cc1cc(C)n(Cc2ccc(C(=O)Nc3cccc(S(=O)(=O)N(C)C)c3)cc2)n1. The zero-order chi connectivity index (χ0) is 21.2. The number of nitrogens with one attached hydrogen (secondary N) is 1. The Balaban J connectivity index is 1.72. The first-order valence-electron chi connectivity index (χ1n) is 9.11. The minimum atomic E-state index is -3.56. The summed E-state index contributed by atoms with van der Waals surface area (Å²) < 4.78 is 27.6. The van der Waals surface area contributed by atoms with Crippen molar-refractivity contribution in [2.45, 2.75) is 25.3 Å². The van der Waals surface area contributed by atoms with Crippen molar-refractivity contribution in [2.24, 2.45) is 0 Å². The van der Waals surface area contributed by atoms with Crippen LogP contribution in [0.3, 0.4) is 0 Å². The van der Waals surface area contributed by atoms with Crippen LogP contribution in [0.25, 0.3) is 0 Å². The fraction of sp³-hybridized carbons (Fsp3) is 0.238. The minimum Gasteiger partial charge on any atom is -0.322 e. The van der Waals surface area contributed by atoms with E-state index in [1.807, 2.05) is 36.7 Å². The van der Waals surface area contributed by atoms with Gasteiger partial charge in [-0.25, -0.2) is 12.7 Å². The van der Waals surface area contributed by atoms with Crippen LogP contribution >= 0.6 is 0 Å². The zero-order valence-corrected chi connectivity index (χ0v) is 17.7. The third kappa shape index (κ3) is 4.72. The fourth-order valence-electron chi connectivity index (χ4n) is 2.92. The normalized spacial score (nSPS) is 11.6.